The molecule has 1 aromatic carbocycles. The van der Waals surface area contributed by atoms with Crippen molar-refractivity contribution in [1.82, 2.24) is 5.43 Å². The highest BCUT2D eigenvalue weighted by Gasteiger charge is 2.02. The number of rotatable bonds is 6. The van der Waals surface area contributed by atoms with E-state index in [0.29, 0.717) is 10.6 Å². The van der Waals surface area contributed by atoms with Crippen LogP contribution in [-0.4, -0.2) is 12.1 Å². The number of carbonyl (C=O) groups excluding carboxylic acids is 1. The van der Waals surface area contributed by atoms with Gasteiger partial charge in [-0.05, 0) is 64.0 Å². The lowest BCUT2D eigenvalue weighted by Gasteiger charge is -1.99. The zero-order chi connectivity index (χ0) is 15.7. The van der Waals surface area contributed by atoms with E-state index in [1.165, 1.54) is 11.1 Å². The summed E-state index contributed by atoms with van der Waals surface area (Å²) in [5, 5.41) is 4.51. The van der Waals surface area contributed by atoms with Gasteiger partial charge in [-0.2, -0.15) is 5.10 Å². The molecule has 0 bridgehead atoms. The van der Waals surface area contributed by atoms with Crippen LogP contribution < -0.4 is 5.43 Å². The molecule has 1 N–H and O–H groups in total. The van der Waals surface area contributed by atoms with E-state index in [0.717, 1.165) is 12.8 Å². The Kier molecular flexibility index (Phi) is 7.48. The smallest absolute Gasteiger partial charge is 0.267 e. The number of benzene rings is 1. The van der Waals surface area contributed by atoms with Crippen molar-refractivity contribution in [2.75, 3.05) is 0 Å². The molecule has 0 aliphatic carbocycles. The van der Waals surface area contributed by atoms with Crippen molar-refractivity contribution in [3.8, 4) is 0 Å². The molecule has 0 spiro atoms. The number of nitrogens with zero attached hydrogens (tertiary/aromatic N) is 1. The maximum Gasteiger partial charge on any atom is 0.271 e. The third kappa shape index (κ3) is 7.47. The Hall–Kier alpha value is -1.87. The van der Waals surface area contributed by atoms with Crippen LogP contribution >= 0.6 is 11.6 Å². The summed E-state index contributed by atoms with van der Waals surface area (Å²) in [6.07, 6.45) is 7.72. The van der Waals surface area contributed by atoms with E-state index in [4.69, 9.17) is 11.6 Å². The lowest BCUT2D eigenvalue weighted by Crippen LogP contribution is -2.17. The molecule has 0 heterocycles. The van der Waals surface area contributed by atoms with Crippen molar-refractivity contribution >= 4 is 23.7 Å². The van der Waals surface area contributed by atoms with Crippen molar-refractivity contribution in [2.24, 2.45) is 5.10 Å². The predicted octanol–water partition coefficient (Wildman–Crippen LogP) is 4.75. The van der Waals surface area contributed by atoms with E-state index in [1.54, 1.807) is 30.5 Å². The standard InChI is InChI=1S/C17H21ClN2O/c1-13(2)5-4-6-14(3)11-12-19-20-17(21)15-7-9-16(18)10-8-15/h5,7-12H,4,6H2,1-3H3,(H,20,21)/b14-11+,19-12?. The number of halogens is 1. The van der Waals surface area contributed by atoms with Crippen molar-refractivity contribution in [3.63, 3.8) is 0 Å². The van der Waals surface area contributed by atoms with Crippen LogP contribution in [0.1, 0.15) is 44.0 Å². The van der Waals surface area contributed by atoms with Crippen molar-refractivity contribution < 1.29 is 4.79 Å². The van der Waals surface area contributed by atoms with Gasteiger partial charge < -0.3 is 0 Å². The van der Waals surface area contributed by atoms with Gasteiger partial charge in [0.2, 0.25) is 0 Å². The molecule has 0 aliphatic rings. The topological polar surface area (TPSA) is 41.5 Å². The summed E-state index contributed by atoms with van der Waals surface area (Å²) in [5.41, 5.74) is 5.55. The van der Waals surface area contributed by atoms with Crippen LogP contribution in [0.2, 0.25) is 5.02 Å². The quantitative estimate of drug-likeness (QED) is 0.460. The van der Waals surface area contributed by atoms with Crippen LogP contribution in [0.4, 0.5) is 0 Å². The van der Waals surface area contributed by atoms with Gasteiger partial charge >= 0.3 is 0 Å². The molecule has 0 unspecified atom stereocenters. The molecule has 0 saturated heterocycles. The summed E-state index contributed by atoms with van der Waals surface area (Å²) in [4.78, 5) is 11.8. The molecule has 0 saturated carbocycles. The van der Waals surface area contributed by atoms with E-state index >= 15 is 0 Å². The zero-order valence-electron chi connectivity index (χ0n) is 12.7. The van der Waals surface area contributed by atoms with Gasteiger partial charge in [-0.3, -0.25) is 4.79 Å². The minimum atomic E-state index is -0.251. The monoisotopic (exact) mass is 304 g/mol. The Bertz CT molecular complexity index is 553. The molecular weight excluding hydrogens is 284 g/mol. The molecule has 1 aromatic rings. The average molecular weight is 305 g/mol. The van der Waals surface area contributed by atoms with E-state index in [9.17, 15) is 4.79 Å². The number of nitrogens with one attached hydrogen (secondary N) is 1. The van der Waals surface area contributed by atoms with Gasteiger partial charge in [0.25, 0.3) is 5.91 Å². The first-order valence-electron chi connectivity index (χ1n) is 6.87. The number of hydrogen-bond donors (Lipinski definition) is 1. The van der Waals surface area contributed by atoms with Crippen molar-refractivity contribution in [3.05, 3.63) is 58.1 Å². The predicted molar refractivity (Wildman–Crippen MR) is 89.8 cm³/mol. The molecule has 4 heteroatoms. The second-order valence-corrected chi connectivity index (χ2v) is 5.50. The Morgan fingerprint density at radius 3 is 2.52 bits per heavy atom. The maximum absolute atomic E-state index is 11.8. The lowest BCUT2D eigenvalue weighted by atomic mass is 10.1. The number of hydrogen-bond acceptors (Lipinski definition) is 2. The summed E-state index contributed by atoms with van der Waals surface area (Å²) < 4.78 is 0. The minimum Gasteiger partial charge on any atom is -0.267 e. The van der Waals surface area contributed by atoms with E-state index in [2.05, 4.69) is 30.5 Å². The zero-order valence-corrected chi connectivity index (χ0v) is 13.4. The molecule has 0 aromatic heterocycles. The Balaban J connectivity index is 2.41. The fourth-order valence-corrected chi connectivity index (χ4v) is 1.72. The molecule has 0 radical (unpaired) electrons. The fraction of sp³-hybridized carbons (Fsp3) is 0.294. The van der Waals surface area contributed by atoms with Gasteiger partial charge in [-0.25, -0.2) is 5.43 Å². The molecule has 21 heavy (non-hydrogen) atoms. The molecule has 3 nitrogen and oxygen atoms in total. The van der Waals surface area contributed by atoms with Gasteiger partial charge in [-0.15, -0.1) is 0 Å². The fourth-order valence-electron chi connectivity index (χ4n) is 1.60. The molecule has 1 amide bonds. The van der Waals surface area contributed by atoms with Gasteiger partial charge in [0.05, 0.1) is 0 Å². The molecule has 0 fully saturated rings. The van der Waals surface area contributed by atoms with E-state index in [1.807, 2.05) is 13.0 Å². The van der Waals surface area contributed by atoms with Crippen LogP contribution in [0.3, 0.4) is 0 Å². The Morgan fingerprint density at radius 2 is 1.90 bits per heavy atom. The lowest BCUT2D eigenvalue weighted by molar-refractivity contribution is 0.0955. The average Bonchev–Trinajstić information content (AvgIpc) is 2.43. The first-order chi connectivity index (χ1) is 9.99. The molecule has 1 rings (SSSR count). The molecular formula is C17H21ClN2O. The van der Waals surface area contributed by atoms with Gasteiger partial charge in [0.15, 0.2) is 0 Å². The first-order valence-corrected chi connectivity index (χ1v) is 7.25. The SMILES string of the molecule is CC(C)=CCC/C(C)=C/C=NNC(=O)c1ccc(Cl)cc1. The summed E-state index contributed by atoms with van der Waals surface area (Å²) >= 11 is 5.77. The largest absolute Gasteiger partial charge is 0.271 e. The van der Waals surface area contributed by atoms with Crippen LogP contribution in [0.25, 0.3) is 0 Å². The van der Waals surface area contributed by atoms with Crippen molar-refractivity contribution in [2.45, 2.75) is 33.6 Å². The Labute approximate surface area is 131 Å². The highest BCUT2D eigenvalue weighted by molar-refractivity contribution is 6.30. The van der Waals surface area contributed by atoms with Crippen LogP contribution in [0.15, 0.2) is 52.7 Å². The summed E-state index contributed by atoms with van der Waals surface area (Å²) in [7, 11) is 0. The number of hydrazone groups is 1. The molecule has 112 valence electrons. The van der Waals surface area contributed by atoms with Gasteiger partial charge in [-0.1, -0.05) is 28.8 Å². The number of allylic oxidation sites excluding steroid dienone is 4. The Morgan fingerprint density at radius 1 is 1.24 bits per heavy atom. The summed E-state index contributed by atoms with van der Waals surface area (Å²) in [6, 6.07) is 6.67. The molecule has 0 atom stereocenters. The van der Waals surface area contributed by atoms with Crippen molar-refractivity contribution in [1.29, 1.82) is 0 Å². The minimum absolute atomic E-state index is 0.251. The first kappa shape index (κ1) is 17.2. The number of carbonyl (C=O) groups is 1. The van der Waals surface area contributed by atoms with E-state index < -0.39 is 0 Å². The second-order valence-electron chi connectivity index (χ2n) is 5.06. The van der Waals surface area contributed by atoms with Gasteiger partial charge in [0.1, 0.15) is 0 Å². The van der Waals surface area contributed by atoms with Crippen LogP contribution in [0, 0.1) is 0 Å². The second kappa shape index (κ2) is 9.14. The van der Waals surface area contributed by atoms with Crippen LogP contribution in [0.5, 0.6) is 0 Å². The third-order valence-corrected chi connectivity index (χ3v) is 3.05. The summed E-state index contributed by atoms with van der Waals surface area (Å²) in [5.74, 6) is -0.251. The maximum atomic E-state index is 11.8. The highest BCUT2D eigenvalue weighted by atomic mass is 35.5. The molecule has 0 aliphatic heterocycles. The van der Waals surface area contributed by atoms with E-state index in [-0.39, 0.29) is 5.91 Å². The van der Waals surface area contributed by atoms with Gasteiger partial charge in [0, 0.05) is 16.8 Å². The number of amides is 1. The third-order valence-electron chi connectivity index (χ3n) is 2.80. The summed E-state index contributed by atoms with van der Waals surface area (Å²) in [6.45, 7) is 6.23. The normalized spacial score (nSPS) is 11.5. The van der Waals surface area contributed by atoms with Crippen LogP contribution in [-0.2, 0) is 0 Å². The highest BCUT2D eigenvalue weighted by Crippen LogP contribution is 2.09.